The van der Waals surface area contributed by atoms with Gasteiger partial charge in [-0.2, -0.15) is 0 Å². The molecule has 0 saturated carbocycles. The minimum atomic E-state index is 0.649. The van der Waals surface area contributed by atoms with Crippen LogP contribution in [0, 0.1) is 6.92 Å². The Labute approximate surface area is 134 Å². The predicted octanol–water partition coefficient (Wildman–Crippen LogP) is 4.58. The van der Waals surface area contributed by atoms with Gasteiger partial charge in [0.15, 0.2) is 0 Å². The van der Waals surface area contributed by atoms with Crippen LogP contribution in [0.15, 0.2) is 40.3 Å². The maximum Gasteiger partial charge on any atom is 0.134 e. The molecule has 1 fully saturated rings. The van der Waals surface area contributed by atoms with Crippen LogP contribution in [0.3, 0.4) is 0 Å². The van der Waals surface area contributed by atoms with Crippen LogP contribution in [0.2, 0.25) is 0 Å². The number of furan rings is 1. The number of likely N-dealkylation sites (tertiary alicyclic amines) is 1. The molecule has 0 atom stereocenters. The summed E-state index contributed by atoms with van der Waals surface area (Å²) in [6.45, 7) is 5.35. The first-order valence-corrected chi connectivity index (χ1v) is 8.77. The fraction of sp³-hybridized carbons (Fsp3) is 0.389. The smallest absolute Gasteiger partial charge is 0.134 e. The summed E-state index contributed by atoms with van der Waals surface area (Å²) in [5, 5.41) is 4.74. The van der Waals surface area contributed by atoms with E-state index in [1.807, 2.05) is 29.7 Å². The molecule has 4 rings (SSSR count). The van der Waals surface area contributed by atoms with Crippen LogP contribution in [0.4, 0.5) is 0 Å². The van der Waals surface area contributed by atoms with Gasteiger partial charge in [-0.15, -0.1) is 11.3 Å². The topological polar surface area (TPSA) is 29.3 Å². The average molecular weight is 312 g/mol. The fourth-order valence-electron chi connectivity index (χ4n) is 3.29. The molecule has 114 valence electrons. The van der Waals surface area contributed by atoms with Crippen molar-refractivity contribution in [2.45, 2.75) is 32.2 Å². The van der Waals surface area contributed by atoms with E-state index in [9.17, 15) is 0 Å². The van der Waals surface area contributed by atoms with Crippen molar-refractivity contribution in [1.29, 1.82) is 0 Å². The predicted molar refractivity (Wildman–Crippen MR) is 90.3 cm³/mol. The number of rotatable bonds is 3. The molecule has 0 bridgehead atoms. The second-order valence-corrected chi connectivity index (χ2v) is 7.02. The minimum absolute atomic E-state index is 0.649. The molecule has 1 aromatic carbocycles. The molecule has 1 aliphatic heterocycles. The van der Waals surface area contributed by atoms with E-state index in [2.05, 4.69) is 34.3 Å². The molecule has 3 nitrogen and oxygen atoms in total. The maximum atomic E-state index is 5.65. The highest BCUT2D eigenvalue weighted by Gasteiger charge is 2.23. The Morgan fingerprint density at radius 1 is 1.27 bits per heavy atom. The van der Waals surface area contributed by atoms with Gasteiger partial charge in [0.2, 0.25) is 0 Å². The zero-order valence-corrected chi connectivity index (χ0v) is 13.6. The molecule has 1 aliphatic rings. The summed E-state index contributed by atoms with van der Waals surface area (Å²) in [5.74, 6) is 0.649. The number of hydrogen-bond acceptors (Lipinski definition) is 4. The highest BCUT2D eigenvalue weighted by molar-refractivity contribution is 7.09. The van der Waals surface area contributed by atoms with Crippen molar-refractivity contribution in [2.24, 2.45) is 0 Å². The second kappa shape index (κ2) is 5.86. The van der Waals surface area contributed by atoms with Gasteiger partial charge in [-0.05, 0) is 38.9 Å². The van der Waals surface area contributed by atoms with Gasteiger partial charge in [0.05, 0.1) is 11.3 Å². The third kappa shape index (κ3) is 2.69. The molecule has 22 heavy (non-hydrogen) atoms. The molecular formula is C18H20N2OS. The van der Waals surface area contributed by atoms with E-state index in [0.717, 1.165) is 30.9 Å². The summed E-state index contributed by atoms with van der Waals surface area (Å²) in [4.78, 5) is 7.20. The standard InChI is InChI=1S/C18H20N2OS/c1-13-12-22-18(19-13)14-6-8-20(9-7-14)10-15-11-21-17-5-3-2-4-16(15)17/h2-5,11-12,14H,6-10H2,1H3. The Morgan fingerprint density at radius 3 is 2.86 bits per heavy atom. The van der Waals surface area contributed by atoms with E-state index in [4.69, 9.17) is 4.42 Å². The Kier molecular flexibility index (Phi) is 3.72. The van der Waals surface area contributed by atoms with E-state index in [1.54, 1.807) is 0 Å². The van der Waals surface area contributed by atoms with E-state index in [0.29, 0.717) is 5.92 Å². The van der Waals surface area contributed by atoms with Crippen molar-refractivity contribution in [3.05, 3.63) is 52.2 Å². The van der Waals surface area contributed by atoms with Crippen LogP contribution < -0.4 is 0 Å². The zero-order chi connectivity index (χ0) is 14.9. The summed E-state index contributed by atoms with van der Waals surface area (Å²) in [5.41, 5.74) is 3.46. The number of para-hydroxylation sites is 1. The molecule has 0 amide bonds. The minimum Gasteiger partial charge on any atom is -0.464 e. The van der Waals surface area contributed by atoms with Crippen molar-refractivity contribution in [3.8, 4) is 0 Å². The van der Waals surface area contributed by atoms with Gasteiger partial charge >= 0.3 is 0 Å². The normalized spacial score (nSPS) is 17.3. The number of hydrogen-bond donors (Lipinski definition) is 0. The SMILES string of the molecule is Cc1csc(C2CCN(Cc3coc4ccccc34)CC2)n1. The van der Waals surface area contributed by atoms with Gasteiger partial charge < -0.3 is 4.42 Å². The molecule has 0 aliphatic carbocycles. The van der Waals surface area contributed by atoms with Gasteiger partial charge in [0.25, 0.3) is 0 Å². The molecule has 1 saturated heterocycles. The van der Waals surface area contributed by atoms with Crippen molar-refractivity contribution < 1.29 is 4.42 Å². The first kappa shape index (κ1) is 14.0. The van der Waals surface area contributed by atoms with Crippen molar-refractivity contribution >= 4 is 22.3 Å². The van der Waals surface area contributed by atoms with Gasteiger partial charge in [-0.25, -0.2) is 4.98 Å². The number of aryl methyl sites for hydroxylation is 1. The van der Waals surface area contributed by atoms with Crippen LogP contribution >= 0.6 is 11.3 Å². The van der Waals surface area contributed by atoms with Crippen molar-refractivity contribution in [3.63, 3.8) is 0 Å². The molecule has 0 unspecified atom stereocenters. The van der Waals surface area contributed by atoms with Gasteiger partial charge in [0.1, 0.15) is 5.58 Å². The summed E-state index contributed by atoms with van der Waals surface area (Å²) in [6.07, 6.45) is 4.34. The largest absolute Gasteiger partial charge is 0.464 e. The summed E-state index contributed by atoms with van der Waals surface area (Å²) in [7, 11) is 0. The number of thiazole rings is 1. The molecule has 2 aromatic heterocycles. The highest BCUT2D eigenvalue weighted by Crippen LogP contribution is 2.31. The van der Waals surface area contributed by atoms with Gasteiger partial charge in [-0.1, -0.05) is 18.2 Å². The monoisotopic (exact) mass is 312 g/mol. The van der Waals surface area contributed by atoms with E-state index >= 15 is 0 Å². The van der Waals surface area contributed by atoms with E-state index in [-0.39, 0.29) is 0 Å². The molecule has 4 heteroatoms. The molecule has 0 radical (unpaired) electrons. The summed E-state index contributed by atoms with van der Waals surface area (Å²) >= 11 is 1.82. The van der Waals surface area contributed by atoms with Gasteiger partial charge in [0, 0.05) is 34.5 Å². The first-order chi connectivity index (χ1) is 10.8. The third-order valence-corrected chi connectivity index (χ3v) is 5.65. The lowest BCUT2D eigenvalue weighted by Crippen LogP contribution is -2.32. The number of aromatic nitrogens is 1. The average Bonchev–Trinajstić information content (AvgIpc) is 3.15. The molecule has 3 aromatic rings. The lowest BCUT2D eigenvalue weighted by molar-refractivity contribution is 0.204. The molecule has 0 N–H and O–H groups in total. The Hall–Kier alpha value is -1.65. The van der Waals surface area contributed by atoms with E-state index < -0.39 is 0 Å². The third-order valence-electron chi connectivity index (χ3n) is 4.53. The molecule has 3 heterocycles. The number of fused-ring (bicyclic) bond motifs is 1. The van der Waals surface area contributed by atoms with E-state index in [1.165, 1.54) is 28.8 Å². The van der Waals surface area contributed by atoms with Crippen molar-refractivity contribution in [2.75, 3.05) is 13.1 Å². The van der Waals surface area contributed by atoms with Crippen LogP contribution in [-0.4, -0.2) is 23.0 Å². The van der Waals surface area contributed by atoms with Crippen LogP contribution in [0.1, 0.15) is 35.0 Å². The Bertz CT molecular complexity index is 768. The lowest BCUT2D eigenvalue weighted by atomic mass is 9.97. The lowest BCUT2D eigenvalue weighted by Gasteiger charge is -2.30. The first-order valence-electron chi connectivity index (χ1n) is 7.89. The number of piperidine rings is 1. The number of benzene rings is 1. The molecular weight excluding hydrogens is 292 g/mol. The fourth-order valence-corrected chi connectivity index (χ4v) is 4.26. The highest BCUT2D eigenvalue weighted by atomic mass is 32.1. The Balaban J connectivity index is 1.42. The van der Waals surface area contributed by atoms with Crippen LogP contribution in [-0.2, 0) is 6.54 Å². The quantitative estimate of drug-likeness (QED) is 0.709. The Morgan fingerprint density at radius 2 is 2.09 bits per heavy atom. The number of nitrogens with zero attached hydrogens (tertiary/aromatic N) is 2. The van der Waals surface area contributed by atoms with Crippen LogP contribution in [0.25, 0.3) is 11.0 Å². The zero-order valence-electron chi connectivity index (χ0n) is 12.8. The molecule has 0 spiro atoms. The maximum absolute atomic E-state index is 5.65. The van der Waals surface area contributed by atoms with Crippen molar-refractivity contribution in [1.82, 2.24) is 9.88 Å². The second-order valence-electron chi connectivity index (χ2n) is 6.13. The summed E-state index contributed by atoms with van der Waals surface area (Å²) < 4.78 is 5.65. The summed E-state index contributed by atoms with van der Waals surface area (Å²) in [6, 6.07) is 8.30. The van der Waals surface area contributed by atoms with Gasteiger partial charge in [-0.3, -0.25) is 4.90 Å². The van der Waals surface area contributed by atoms with Crippen LogP contribution in [0.5, 0.6) is 0 Å².